The standard InChI is InChI=1S/C18H20N2O2S/c21-18(22)14-15-5-4-8-17(13-15)23-20-11-9-19(10-12-20)16-6-2-1-3-7-16/h1-8,13H,9-12,14H2,(H,21,22). The Morgan fingerprint density at radius 2 is 1.74 bits per heavy atom. The highest BCUT2D eigenvalue weighted by molar-refractivity contribution is 7.97. The van der Waals surface area contributed by atoms with Crippen molar-refractivity contribution in [3.63, 3.8) is 0 Å². The van der Waals surface area contributed by atoms with E-state index < -0.39 is 5.97 Å². The van der Waals surface area contributed by atoms with Crippen molar-refractivity contribution in [1.82, 2.24) is 4.31 Å². The van der Waals surface area contributed by atoms with Gasteiger partial charge in [0.2, 0.25) is 0 Å². The Hall–Kier alpha value is -1.98. The lowest BCUT2D eigenvalue weighted by atomic mass is 10.2. The van der Waals surface area contributed by atoms with Gasteiger partial charge in [0.1, 0.15) is 0 Å². The molecule has 1 heterocycles. The number of carbonyl (C=O) groups is 1. The molecule has 0 unspecified atom stereocenters. The molecule has 2 aromatic rings. The smallest absolute Gasteiger partial charge is 0.307 e. The molecule has 2 aromatic carbocycles. The average Bonchev–Trinajstić information content (AvgIpc) is 2.56. The molecule has 0 saturated carbocycles. The first-order chi connectivity index (χ1) is 11.2. The molecule has 1 saturated heterocycles. The van der Waals surface area contributed by atoms with Gasteiger partial charge in [-0.25, -0.2) is 4.31 Å². The summed E-state index contributed by atoms with van der Waals surface area (Å²) in [5, 5.41) is 8.89. The topological polar surface area (TPSA) is 43.8 Å². The first-order valence-corrected chi connectivity index (χ1v) is 8.52. The molecule has 0 bridgehead atoms. The Morgan fingerprint density at radius 1 is 1.00 bits per heavy atom. The monoisotopic (exact) mass is 328 g/mol. The predicted molar refractivity (Wildman–Crippen MR) is 93.9 cm³/mol. The molecule has 23 heavy (non-hydrogen) atoms. The molecule has 3 rings (SSSR count). The lowest BCUT2D eigenvalue weighted by molar-refractivity contribution is -0.136. The summed E-state index contributed by atoms with van der Waals surface area (Å²) >= 11 is 1.72. The molecule has 1 aliphatic heterocycles. The molecular formula is C18H20N2O2S. The minimum atomic E-state index is -0.788. The number of nitrogens with zero attached hydrogens (tertiary/aromatic N) is 2. The fourth-order valence-corrected chi connectivity index (χ4v) is 3.70. The molecule has 5 heteroatoms. The molecule has 0 spiro atoms. The summed E-state index contributed by atoms with van der Waals surface area (Å²) in [4.78, 5) is 14.3. The molecule has 1 fully saturated rings. The Bertz CT molecular complexity index is 655. The number of benzene rings is 2. The highest BCUT2D eigenvalue weighted by Crippen LogP contribution is 2.26. The van der Waals surface area contributed by atoms with Crippen molar-refractivity contribution in [3.8, 4) is 0 Å². The van der Waals surface area contributed by atoms with Crippen molar-refractivity contribution < 1.29 is 9.90 Å². The van der Waals surface area contributed by atoms with Gasteiger partial charge in [0, 0.05) is 36.8 Å². The first kappa shape index (κ1) is 15.9. The SMILES string of the molecule is O=C(O)Cc1cccc(SN2CCN(c3ccccc3)CC2)c1. The van der Waals surface area contributed by atoms with Crippen molar-refractivity contribution in [2.75, 3.05) is 31.1 Å². The number of para-hydroxylation sites is 1. The van der Waals surface area contributed by atoms with E-state index in [1.807, 2.05) is 30.3 Å². The van der Waals surface area contributed by atoms with Crippen LogP contribution in [0.1, 0.15) is 5.56 Å². The van der Waals surface area contributed by atoms with Crippen LogP contribution in [0.3, 0.4) is 0 Å². The number of anilines is 1. The second-order valence-corrected chi connectivity index (χ2v) is 6.73. The Balaban J connectivity index is 1.55. The zero-order valence-corrected chi connectivity index (χ0v) is 13.7. The largest absolute Gasteiger partial charge is 0.481 e. The van der Waals surface area contributed by atoms with Crippen molar-refractivity contribution in [2.45, 2.75) is 11.3 Å². The summed E-state index contributed by atoms with van der Waals surface area (Å²) in [7, 11) is 0. The van der Waals surface area contributed by atoms with E-state index in [1.165, 1.54) is 5.69 Å². The van der Waals surface area contributed by atoms with E-state index in [1.54, 1.807) is 11.9 Å². The molecule has 0 amide bonds. The lowest BCUT2D eigenvalue weighted by Gasteiger charge is -2.35. The molecule has 0 radical (unpaired) electrons. The van der Waals surface area contributed by atoms with E-state index in [0.29, 0.717) is 0 Å². The number of rotatable bonds is 5. The highest BCUT2D eigenvalue weighted by atomic mass is 32.2. The van der Waals surface area contributed by atoms with E-state index in [0.717, 1.165) is 36.6 Å². The lowest BCUT2D eigenvalue weighted by Crippen LogP contribution is -2.43. The Labute approximate surface area is 140 Å². The fraction of sp³-hybridized carbons (Fsp3) is 0.278. The van der Waals surface area contributed by atoms with Gasteiger partial charge in [-0.3, -0.25) is 4.79 Å². The van der Waals surface area contributed by atoms with Gasteiger partial charge in [-0.1, -0.05) is 30.3 Å². The quantitative estimate of drug-likeness (QED) is 0.854. The molecular weight excluding hydrogens is 308 g/mol. The van der Waals surface area contributed by atoms with Crippen LogP contribution in [0.2, 0.25) is 0 Å². The molecule has 0 aliphatic carbocycles. The third-order valence-corrected chi connectivity index (χ3v) is 4.94. The minimum Gasteiger partial charge on any atom is -0.481 e. The van der Waals surface area contributed by atoms with Crippen LogP contribution >= 0.6 is 11.9 Å². The summed E-state index contributed by atoms with van der Waals surface area (Å²) in [6, 6.07) is 18.3. The van der Waals surface area contributed by atoms with E-state index in [-0.39, 0.29) is 6.42 Å². The third kappa shape index (κ3) is 4.50. The summed E-state index contributed by atoms with van der Waals surface area (Å²) < 4.78 is 2.35. The van der Waals surface area contributed by atoms with Crippen LogP contribution < -0.4 is 4.90 Å². The summed E-state index contributed by atoms with van der Waals surface area (Å²) in [6.07, 6.45) is 0.0795. The maximum Gasteiger partial charge on any atom is 0.307 e. The average molecular weight is 328 g/mol. The van der Waals surface area contributed by atoms with E-state index in [4.69, 9.17) is 5.11 Å². The van der Waals surface area contributed by atoms with Crippen molar-refractivity contribution >= 4 is 23.6 Å². The van der Waals surface area contributed by atoms with Gasteiger partial charge < -0.3 is 10.0 Å². The number of carboxylic acids is 1. The van der Waals surface area contributed by atoms with Crippen LogP contribution in [0.4, 0.5) is 5.69 Å². The second kappa shape index (κ2) is 7.53. The number of carboxylic acid groups (broad SMARTS) is 1. The number of hydrogen-bond acceptors (Lipinski definition) is 4. The maximum absolute atomic E-state index is 10.8. The second-order valence-electron chi connectivity index (χ2n) is 5.56. The molecule has 0 atom stereocenters. The van der Waals surface area contributed by atoms with Crippen LogP contribution in [0, 0.1) is 0 Å². The maximum atomic E-state index is 10.8. The minimum absolute atomic E-state index is 0.0795. The molecule has 4 nitrogen and oxygen atoms in total. The number of piperazine rings is 1. The first-order valence-electron chi connectivity index (χ1n) is 7.74. The van der Waals surface area contributed by atoms with Crippen LogP contribution in [-0.2, 0) is 11.2 Å². The van der Waals surface area contributed by atoms with E-state index >= 15 is 0 Å². The molecule has 1 aliphatic rings. The van der Waals surface area contributed by atoms with Gasteiger partial charge in [0.25, 0.3) is 0 Å². The summed E-state index contributed by atoms with van der Waals surface area (Å²) in [6.45, 7) is 3.99. The van der Waals surface area contributed by atoms with E-state index in [9.17, 15) is 4.79 Å². The van der Waals surface area contributed by atoms with Gasteiger partial charge in [-0.15, -0.1) is 0 Å². The van der Waals surface area contributed by atoms with Gasteiger partial charge in [0.15, 0.2) is 0 Å². The third-order valence-electron chi connectivity index (χ3n) is 3.85. The van der Waals surface area contributed by atoms with Crippen LogP contribution in [0.25, 0.3) is 0 Å². The van der Waals surface area contributed by atoms with Crippen molar-refractivity contribution in [2.24, 2.45) is 0 Å². The zero-order chi connectivity index (χ0) is 16.1. The van der Waals surface area contributed by atoms with Crippen molar-refractivity contribution in [1.29, 1.82) is 0 Å². The number of aliphatic carboxylic acids is 1. The Morgan fingerprint density at radius 3 is 2.43 bits per heavy atom. The van der Waals surface area contributed by atoms with Gasteiger partial charge in [0.05, 0.1) is 6.42 Å². The van der Waals surface area contributed by atoms with Gasteiger partial charge in [-0.05, 0) is 41.8 Å². The van der Waals surface area contributed by atoms with Crippen LogP contribution in [0.15, 0.2) is 59.5 Å². The van der Waals surface area contributed by atoms with Crippen LogP contribution in [0.5, 0.6) is 0 Å². The predicted octanol–water partition coefficient (Wildman–Crippen LogP) is 3.14. The van der Waals surface area contributed by atoms with Gasteiger partial charge in [-0.2, -0.15) is 0 Å². The van der Waals surface area contributed by atoms with Gasteiger partial charge >= 0.3 is 5.97 Å². The highest BCUT2D eigenvalue weighted by Gasteiger charge is 2.18. The molecule has 1 N–H and O–H groups in total. The normalized spacial score (nSPS) is 15.6. The molecule has 0 aromatic heterocycles. The summed E-state index contributed by atoms with van der Waals surface area (Å²) in [5.41, 5.74) is 2.13. The summed E-state index contributed by atoms with van der Waals surface area (Å²) in [5.74, 6) is -0.788. The number of hydrogen-bond donors (Lipinski definition) is 1. The molecule has 120 valence electrons. The van der Waals surface area contributed by atoms with Crippen molar-refractivity contribution in [3.05, 3.63) is 60.2 Å². The van der Waals surface area contributed by atoms with E-state index in [2.05, 4.69) is 33.5 Å². The Kier molecular flexibility index (Phi) is 5.20. The van der Waals surface area contributed by atoms with Crippen LogP contribution in [-0.4, -0.2) is 41.6 Å². The fourth-order valence-electron chi connectivity index (χ4n) is 2.71. The zero-order valence-electron chi connectivity index (χ0n) is 12.9.